The number of carbonyl (C=O) groups excluding carboxylic acids is 1. The summed E-state index contributed by atoms with van der Waals surface area (Å²) in [4.78, 5) is 12.7. The first-order chi connectivity index (χ1) is 14.2. The molecule has 0 unspecified atom stereocenters. The number of hydrogen-bond acceptors (Lipinski definition) is 2. The zero-order valence-electron chi connectivity index (χ0n) is 15.5. The number of rotatable bonds is 3. The van der Waals surface area contributed by atoms with Crippen molar-refractivity contribution in [3.8, 4) is 11.8 Å². The van der Waals surface area contributed by atoms with Crippen LogP contribution in [-0.4, -0.2) is 18.2 Å². The van der Waals surface area contributed by atoms with Gasteiger partial charge in [-0.1, -0.05) is 35.6 Å². The maximum Gasteiger partial charge on any atom is 0.412 e. The monoisotopic (exact) mass is 437 g/mol. The molecule has 8 heteroatoms. The van der Waals surface area contributed by atoms with Crippen molar-refractivity contribution < 1.29 is 27.1 Å². The van der Waals surface area contributed by atoms with Crippen LogP contribution in [0.25, 0.3) is 0 Å². The Kier molecular flexibility index (Phi) is 5.25. The van der Waals surface area contributed by atoms with Gasteiger partial charge in [-0.25, -0.2) is 4.39 Å². The fraction of sp³-hybridized carbons (Fsp3) is 0.318. The van der Waals surface area contributed by atoms with E-state index in [-0.39, 0.29) is 28.8 Å². The molecule has 1 amide bonds. The number of nitrogens with one attached hydrogen (secondary N) is 1. The molecule has 0 spiro atoms. The number of halogens is 5. The lowest BCUT2D eigenvalue weighted by molar-refractivity contribution is -0.208. The third kappa shape index (κ3) is 3.78. The normalized spacial score (nSPS) is 23.2. The van der Waals surface area contributed by atoms with Crippen molar-refractivity contribution in [1.82, 2.24) is 0 Å². The predicted molar refractivity (Wildman–Crippen MR) is 103 cm³/mol. The fourth-order valence-corrected chi connectivity index (χ4v) is 3.57. The van der Waals surface area contributed by atoms with Crippen molar-refractivity contribution >= 4 is 23.2 Å². The molecule has 0 saturated heterocycles. The Balaban J connectivity index is 1.82. The highest BCUT2D eigenvalue weighted by Crippen LogP contribution is 2.50. The summed E-state index contributed by atoms with van der Waals surface area (Å²) in [5, 5.41) is 2.55. The zero-order valence-corrected chi connectivity index (χ0v) is 16.3. The van der Waals surface area contributed by atoms with Crippen LogP contribution in [0.15, 0.2) is 42.5 Å². The summed E-state index contributed by atoms with van der Waals surface area (Å²) in [6.45, 7) is -0.322. The van der Waals surface area contributed by atoms with Crippen LogP contribution in [0.1, 0.15) is 24.0 Å². The van der Waals surface area contributed by atoms with Gasteiger partial charge in [-0.2, -0.15) is 13.2 Å². The van der Waals surface area contributed by atoms with Gasteiger partial charge in [0, 0.05) is 22.2 Å². The molecule has 1 fully saturated rings. The Labute approximate surface area is 175 Å². The molecule has 4 rings (SSSR count). The molecular weight excluding hydrogens is 422 g/mol. The number of amides is 1. The van der Waals surface area contributed by atoms with Gasteiger partial charge in [0.15, 0.2) is 11.5 Å². The lowest BCUT2D eigenvalue weighted by Crippen LogP contribution is -2.59. The number of carbonyl (C=O) groups is 1. The first-order valence-electron chi connectivity index (χ1n) is 9.27. The van der Waals surface area contributed by atoms with Gasteiger partial charge in [0.05, 0.1) is 6.61 Å². The quantitative estimate of drug-likeness (QED) is 0.527. The Morgan fingerprint density at radius 2 is 1.87 bits per heavy atom. The number of anilines is 1. The van der Waals surface area contributed by atoms with E-state index in [9.17, 15) is 22.4 Å². The third-order valence-electron chi connectivity index (χ3n) is 5.12. The molecule has 2 atom stereocenters. The third-order valence-corrected chi connectivity index (χ3v) is 5.36. The number of hydrogen-bond donors (Lipinski definition) is 1. The van der Waals surface area contributed by atoms with Crippen molar-refractivity contribution in [2.45, 2.75) is 37.1 Å². The van der Waals surface area contributed by atoms with Crippen molar-refractivity contribution in [2.24, 2.45) is 5.92 Å². The Bertz CT molecular complexity index is 1040. The minimum atomic E-state index is -4.92. The molecule has 3 nitrogen and oxygen atoms in total. The van der Waals surface area contributed by atoms with E-state index in [0.717, 1.165) is 12.8 Å². The molecule has 2 aromatic rings. The maximum atomic E-state index is 14.6. The van der Waals surface area contributed by atoms with Crippen LogP contribution in [-0.2, 0) is 21.6 Å². The summed E-state index contributed by atoms with van der Waals surface area (Å²) in [5.74, 6) is 3.47. The van der Waals surface area contributed by atoms with Crippen LogP contribution < -0.4 is 5.32 Å². The molecule has 2 aliphatic rings. The number of benzene rings is 2. The fourth-order valence-electron chi connectivity index (χ4n) is 3.40. The molecule has 30 heavy (non-hydrogen) atoms. The molecule has 1 aliphatic carbocycles. The maximum absolute atomic E-state index is 14.6. The van der Waals surface area contributed by atoms with E-state index in [0.29, 0.717) is 5.56 Å². The molecule has 0 radical (unpaired) electrons. The molecule has 1 saturated carbocycles. The minimum absolute atomic E-state index is 0.00606. The van der Waals surface area contributed by atoms with E-state index in [1.54, 1.807) is 0 Å². The largest absolute Gasteiger partial charge is 0.412 e. The molecule has 2 aromatic carbocycles. The van der Waals surface area contributed by atoms with Crippen LogP contribution >= 0.6 is 11.6 Å². The van der Waals surface area contributed by atoms with Gasteiger partial charge in [-0.05, 0) is 48.7 Å². The minimum Gasteiger partial charge on any atom is -0.361 e. The molecule has 1 aliphatic heterocycles. The van der Waals surface area contributed by atoms with Gasteiger partial charge in [0.2, 0.25) is 0 Å². The average molecular weight is 438 g/mol. The van der Waals surface area contributed by atoms with Gasteiger partial charge < -0.3 is 10.1 Å². The second-order valence-electron chi connectivity index (χ2n) is 7.35. The van der Waals surface area contributed by atoms with Gasteiger partial charge in [0.1, 0.15) is 5.82 Å². The first-order valence-corrected chi connectivity index (χ1v) is 9.65. The zero-order chi connectivity index (χ0) is 21.5. The first kappa shape index (κ1) is 20.7. The number of ether oxygens (including phenoxy) is 1. The lowest BCUT2D eigenvalue weighted by Gasteiger charge is -2.41. The van der Waals surface area contributed by atoms with E-state index in [2.05, 4.69) is 17.2 Å². The Hall–Kier alpha value is -2.56. The van der Waals surface area contributed by atoms with E-state index in [1.807, 2.05) is 0 Å². The van der Waals surface area contributed by atoms with Gasteiger partial charge in [0.25, 0.3) is 5.91 Å². The second kappa shape index (κ2) is 7.60. The standard InChI is InChI=1S/C22H16ClF4NO2/c23-15-5-8-18-17(11-15)21(22(25,26)27,10-9-13-1-2-13)19(20(29)28-18)30-12-14-3-6-16(24)7-4-14/h3-8,11,13,19H,1-2,12H2,(H,28,29)/t19-,21-/m0/s1. The van der Waals surface area contributed by atoms with E-state index >= 15 is 0 Å². The highest BCUT2D eigenvalue weighted by molar-refractivity contribution is 6.30. The van der Waals surface area contributed by atoms with Crippen molar-refractivity contribution in [3.05, 3.63) is 64.4 Å². The SMILES string of the molecule is O=C1Nc2ccc(Cl)cc2[C@](C#CC2CC2)(C(F)(F)F)[C@H]1OCc1ccc(F)cc1. The van der Waals surface area contributed by atoms with Gasteiger partial charge in [-0.15, -0.1) is 0 Å². The van der Waals surface area contributed by atoms with Crippen LogP contribution in [0.4, 0.5) is 23.2 Å². The molecule has 156 valence electrons. The van der Waals surface area contributed by atoms with Crippen LogP contribution in [0.5, 0.6) is 0 Å². The summed E-state index contributed by atoms with van der Waals surface area (Å²) >= 11 is 6.00. The summed E-state index contributed by atoms with van der Waals surface area (Å²) < 4.78 is 62.5. The highest BCUT2D eigenvalue weighted by atomic mass is 35.5. The van der Waals surface area contributed by atoms with E-state index in [4.69, 9.17) is 16.3 Å². The number of alkyl halides is 3. The second-order valence-corrected chi connectivity index (χ2v) is 7.78. The molecular formula is C22H16ClF4NO2. The van der Waals surface area contributed by atoms with Crippen molar-refractivity contribution in [2.75, 3.05) is 5.32 Å². The van der Waals surface area contributed by atoms with Crippen molar-refractivity contribution in [1.29, 1.82) is 0 Å². The molecule has 0 bridgehead atoms. The molecule has 1 heterocycles. The van der Waals surface area contributed by atoms with Crippen LogP contribution in [0.2, 0.25) is 5.02 Å². The lowest BCUT2D eigenvalue weighted by atomic mass is 9.71. The van der Waals surface area contributed by atoms with E-state index in [1.165, 1.54) is 42.5 Å². The van der Waals surface area contributed by atoms with Crippen molar-refractivity contribution in [3.63, 3.8) is 0 Å². The van der Waals surface area contributed by atoms with E-state index < -0.39 is 29.4 Å². The number of fused-ring (bicyclic) bond motifs is 1. The molecule has 1 N–H and O–H groups in total. The smallest absolute Gasteiger partial charge is 0.361 e. The summed E-state index contributed by atoms with van der Waals surface area (Å²) in [6.07, 6.45) is -5.44. The topological polar surface area (TPSA) is 38.3 Å². The van der Waals surface area contributed by atoms with Crippen LogP contribution in [0, 0.1) is 23.6 Å². The Morgan fingerprint density at radius 1 is 1.17 bits per heavy atom. The summed E-state index contributed by atoms with van der Waals surface area (Å²) in [6, 6.07) is 8.98. The summed E-state index contributed by atoms with van der Waals surface area (Å²) in [5.41, 5.74) is -2.71. The van der Waals surface area contributed by atoms with Gasteiger partial charge in [-0.3, -0.25) is 4.79 Å². The van der Waals surface area contributed by atoms with Crippen LogP contribution in [0.3, 0.4) is 0 Å². The van der Waals surface area contributed by atoms with Gasteiger partial charge >= 0.3 is 6.18 Å². The summed E-state index contributed by atoms with van der Waals surface area (Å²) in [7, 11) is 0. The predicted octanol–water partition coefficient (Wildman–Crippen LogP) is 5.23. The highest BCUT2D eigenvalue weighted by Gasteiger charge is 2.65. The molecule has 0 aromatic heterocycles. The Morgan fingerprint density at radius 3 is 2.50 bits per heavy atom. The average Bonchev–Trinajstić information content (AvgIpc) is 3.50.